The number of nitrogens with zero attached hydrogens (tertiary/aromatic N) is 8. The number of rotatable bonds is 7. The summed E-state index contributed by atoms with van der Waals surface area (Å²) in [6.45, 7) is -1.84. The second-order valence-electron chi connectivity index (χ2n) is 9.83. The van der Waals surface area contributed by atoms with Crippen LogP contribution in [0.4, 0.5) is 27.9 Å². The van der Waals surface area contributed by atoms with Crippen molar-refractivity contribution < 1.29 is 31.5 Å². The Morgan fingerprint density at radius 1 is 1.25 bits per heavy atom. The zero-order valence-electron chi connectivity index (χ0n) is 21.8. The van der Waals surface area contributed by atoms with Crippen LogP contribution in [0, 0.1) is 0 Å². The SMILES string of the molecule is COc1nc(N[C@@H]2CCN(C(=O)CN(C)C)CC2(F)F)nn2ccc(-c3ccc4nnn(CC(F)(F)F)c4c3)c12. The lowest BCUT2D eigenvalue weighted by Gasteiger charge is -2.38. The minimum absolute atomic E-state index is 0.0214. The molecule has 0 unspecified atom stereocenters. The maximum Gasteiger partial charge on any atom is 0.408 e. The number of benzene rings is 1. The predicted octanol–water partition coefficient (Wildman–Crippen LogP) is 2.92. The number of anilines is 1. The summed E-state index contributed by atoms with van der Waals surface area (Å²) in [7, 11) is 4.74. The molecule has 3 aromatic heterocycles. The van der Waals surface area contributed by atoms with E-state index in [-0.39, 0.29) is 42.8 Å². The first-order valence-electron chi connectivity index (χ1n) is 12.3. The summed E-state index contributed by atoms with van der Waals surface area (Å²) in [4.78, 5) is 19.3. The van der Waals surface area contributed by atoms with Gasteiger partial charge in [0.25, 0.3) is 5.92 Å². The molecule has 40 heavy (non-hydrogen) atoms. The number of fused-ring (bicyclic) bond motifs is 2. The van der Waals surface area contributed by atoms with E-state index in [2.05, 4.69) is 25.7 Å². The van der Waals surface area contributed by atoms with Crippen LogP contribution in [0.5, 0.6) is 5.88 Å². The van der Waals surface area contributed by atoms with Crippen molar-refractivity contribution in [3.8, 4) is 17.0 Å². The van der Waals surface area contributed by atoms with E-state index in [1.807, 2.05) is 0 Å². The smallest absolute Gasteiger partial charge is 0.408 e. The fraction of sp³-hybridized carbons (Fsp3) is 0.458. The van der Waals surface area contributed by atoms with Crippen LogP contribution in [0.2, 0.25) is 0 Å². The molecule has 0 radical (unpaired) electrons. The van der Waals surface area contributed by atoms with Crippen molar-refractivity contribution in [2.75, 3.05) is 46.2 Å². The topological polar surface area (TPSA) is 106 Å². The Balaban J connectivity index is 1.42. The highest BCUT2D eigenvalue weighted by Crippen LogP contribution is 2.34. The molecule has 1 N–H and O–H groups in total. The van der Waals surface area contributed by atoms with Crippen molar-refractivity contribution in [1.29, 1.82) is 0 Å². The van der Waals surface area contributed by atoms with Crippen molar-refractivity contribution in [1.82, 2.24) is 39.4 Å². The number of carbonyl (C=O) groups is 1. The molecule has 1 aromatic carbocycles. The molecule has 0 bridgehead atoms. The van der Waals surface area contributed by atoms with E-state index >= 15 is 8.78 Å². The average molecular weight is 568 g/mol. The van der Waals surface area contributed by atoms with Crippen LogP contribution in [0.15, 0.2) is 30.5 Å². The zero-order valence-corrected chi connectivity index (χ0v) is 21.8. The molecule has 11 nitrogen and oxygen atoms in total. The number of aromatic nitrogens is 6. The van der Waals surface area contributed by atoms with E-state index < -0.39 is 31.2 Å². The molecule has 4 aromatic rings. The van der Waals surface area contributed by atoms with Crippen LogP contribution < -0.4 is 10.1 Å². The van der Waals surface area contributed by atoms with E-state index in [0.29, 0.717) is 22.2 Å². The van der Waals surface area contributed by atoms with Crippen LogP contribution in [0.1, 0.15) is 6.42 Å². The first-order valence-corrected chi connectivity index (χ1v) is 12.3. The third-order valence-electron chi connectivity index (χ3n) is 6.53. The third kappa shape index (κ3) is 5.48. The van der Waals surface area contributed by atoms with Crippen molar-refractivity contribution in [3.05, 3.63) is 30.5 Å². The Hall–Kier alpha value is -4.08. The molecule has 1 saturated heterocycles. The molecule has 214 valence electrons. The number of piperidine rings is 1. The van der Waals surface area contributed by atoms with Gasteiger partial charge >= 0.3 is 6.18 Å². The van der Waals surface area contributed by atoms with E-state index in [1.165, 1.54) is 17.7 Å². The van der Waals surface area contributed by atoms with Gasteiger partial charge in [0.15, 0.2) is 0 Å². The second kappa shape index (κ2) is 10.1. The molecule has 5 rings (SSSR count). The summed E-state index contributed by atoms with van der Waals surface area (Å²) < 4.78 is 76.6. The van der Waals surface area contributed by atoms with Crippen molar-refractivity contribution in [2.45, 2.75) is 31.1 Å². The van der Waals surface area contributed by atoms with Crippen LogP contribution in [-0.4, -0.2) is 104 Å². The van der Waals surface area contributed by atoms with E-state index in [0.717, 1.165) is 9.58 Å². The van der Waals surface area contributed by atoms with Crippen LogP contribution in [0.25, 0.3) is 27.7 Å². The molecule has 4 heterocycles. The van der Waals surface area contributed by atoms with Gasteiger partial charge < -0.3 is 19.9 Å². The molecule has 1 amide bonds. The number of carbonyl (C=O) groups excluding carboxylic acids is 1. The highest BCUT2D eigenvalue weighted by Gasteiger charge is 2.46. The molecule has 1 atom stereocenters. The van der Waals surface area contributed by atoms with Gasteiger partial charge in [0.2, 0.25) is 17.7 Å². The maximum atomic E-state index is 15.0. The number of likely N-dealkylation sites (tertiary alicyclic amines) is 1. The van der Waals surface area contributed by atoms with Gasteiger partial charge in [-0.3, -0.25) is 4.79 Å². The minimum atomic E-state index is -4.48. The molecule has 0 aliphatic carbocycles. The number of ether oxygens (including phenoxy) is 1. The number of methoxy groups -OCH3 is 1. The highest BCUT2D eigenvalue weighted by atomic mass is 19.4. The minimum Gasteiger partial charge on any atom is -0.479 e. The summed E-state index contributed by atoms with van der Waals surface area (Å²) in [6, 6.07) is 5.08. The second-order valence-corrected chi connectivity index (χ2v) is 9.83. The number of halogens is 5. The first-order chi connectivity index (χ1) is 18.8. The molecular weight excluding hydrogens is 541 g/mol. The van der Waals surface area contributed by atoms with Gasteiger partial charge in [-0.1, -0.05) is 11.3 Å². The van der Waals surface area contributed by atoms with Gasteiger partial charge in [-0.05, 0) is 44.3 Å². The summed E-state index contributed by atoms with van der Waals surface area (Å²) >= 11 is 0. The van der Waals surface area contributed by atoms with Crippen LogP contribution >= 0.6 is 0 Å². The monoisotopic (exact) mass is 567 g/mol. The average Bonchev–Trinajstić information content (AvgIpc) is 3.47. The lowest BCUT2D eigenvalue weighted by Crippen LogP contribution is -2.57. The van der Waals surface area contributed by atoms with Gasteiger partial charge in [0.05, 0.1) is 31.8 Å². The molecule has 1 aliphatic heterocycles. The maximum absolute atomic E-state index is 15.0. The molecule has 1 aliphatic rings. The number of amides is 1. The Morgan fingerprint density at radius 3 is 2.70 bits per heavy atom. The fourth-order valence-electron chi connectivity index (χ4n) is 4.70. The van der Waals surface area contributed by atoms with Gasteiger partial charge in [-0.2, -0.15) is 18.2 Å². The summed E-state index contributed by atoms with van der Waals surface area (Å²) in [6.07, 6.45) is -2.93. The quantitative estimate of drug-likeness (QED) is 0.340. The van der Waals surface area contributed by atoms with Gasteiger partial charge in [0, 0.05) is 18.3 Å². The van der Waals surface area contributed by atoms with Crippen molar-refractivity contribution in [3.63, 3.8) is 0 Å². The summed E-state index contributed by atoms with van der Waals surface area (Å²) in [5, 5.41) is 14.4. The zero-order chi connectivity index (χ0) is 28.8. The summed E-state index contributed by atoms with van der Waals surface area (Å²) in [5.74, 6) is -3.65. The Kier molecular flexibility index (Phi) is 6.97. The number of hydrogen-bond donors (Lipinski definition) is 1. The lowest BCUT2D eigenvalue weighted by atomic mass is 10.0. The lowest BCUT2D eigenvalue weighted by molar-refractivity contribution is -0.143. The largest absolute Gasteiger partial charge is 0.479 e. The van der Waals surface area contributed by atoms with Gasteiger partial charge in [-0.25, -0.2) is 18.0 Å². The molecule has 16 heteroatoms. The Labute approximate surface area is 224 Å². The van der Waals surface area contributed by atoms with E-state index in [9.17, 15) is 18.0 Å². The van der Waals surface area contributed by atoms with E-state index in [4.69, 9.17) is 4.74 Å². The standard InChI is InChI=1S/C24H26F5N9O2/c1-35(2)11-19(39)36-8-7-18(23(25,26)12-36)30-22-31-21(40-3)20-15(6-9-37(20)33-22)14-4-5-16-17(10-14)38(34-32-16)13-24(27,28)29/h4-6,9-10,18H,7-8,11-13H2,1-3H3,(H,30,33)/t18-/m1/s1. The van der Waals surface area contributed by atoms with Crippen molar-refractivity contribution >= 4 is 28.4 Å². The first kappa shape index (κ1) is 27.5. The molecular formula is C24H26F5N9O2. The number of nitrogens with one attached hydrogen (secondary N) is 1. The number of hydrogen-bond acceptors (Lipinski definition) is 8. The van der Waals surface area contributed by atoms with Crippen LogP contribution in [-0.2, 0) is 11.3 Å². The van der Waals surface area contributed by atoms with Gasteiger partial charge in [-0.15, -0.1) is 10.2 Å². The highest BCUT2D eigenvalue weighted by molar-refractivity contribution is 5.89. The fourth-order valence-corrected chi connectivity index (χ4v) is 4.70. The number of likely N-dealkylation sites (N-methyl/N-ethyl adjacent to an activating group) is 1. The summed E-state index contributed by atoms with van der Waals surface area (Å²) in [5.41, 5.74) is 1.94. The third-order valence-corrected chi connectivity index (χ3v) is 6.53. The molecule has 1 fully saturated rings. The van der Waals surface area contributed by atoms with Crippen LogP contribution in [0.3, 0.4) is 0 Å². The predicted molar refractivity (Wildman–Crippen MR) is 134 cm³/mol. The van der Waals surface area contributed by atoms with Gasteiger partial charge in [0.1, 0.15) is 17.6 Å². The molecule has 0 saturated carbocycles. The Morgan fingerprint density at radius 2 is 2.02 bits per heavy atom. The Bertz CT molecular complexity index is 1550. The molecule has 0 spiro atoms. The van der Waals surface area contributed by atoms with E-state index in [1.54, 1.807) is 43.4 Å². The number of alkyl halides is 5. The normalized spacial score (nSPS) is 17.6. The van der Waals surface area contributed by atoms with Crippen molar-refractivity contribution in [2.24, 2.45) is 0 Å².